The summed E-state index contributed by atoms with van der Waals surface area (Å²) in [6.45, 7) is 4.59. The summed E-state index contributed by atoms with van der Waals surface area (Å²) in [7, 11) is 0. The van der Waals surface area contributed by atoms with Crippen molar-refractivity contribution < 1.29 is 9.84 Å². The molecular weight excluding hydrogens is 190 g/mol. The molecule has 0 saturated carbocycles. The first-order chi connectivity index (χ1) is 7.29. The molecule has 0 amide bonds. The van der Waals surface area contributed by atoms with Crippen molar-refractivity contribution in [2.75, 3.05) is 19.6 Å². The fraction of sp³-hybridized carbons (Fsp3) is 0.500. The van der Waals surface area contributed by atoms with Crippen LogP contribution < -0.4 is 4.74 Å². The van der Waals surface area contributed by atoms with Gasteiger partial charge in [0, 0.05) is 13.1 Å². The monoisotopic (exact) mass is 207 g/mol. The Morgan fingerprint density at radius 1 is 1.33 bits per heavy atom. The molecule has 1 aromatic rings. The van der Waals surface area contributed by atoms with E-state index in [0.29, 0.717) is 6.54 Å². The number of aliphatic hydroxyl groups excluding tert-OH is 1. The van der Waals surface area contributed by atoms with Crippen LogP contribution in [0.25, 0.3) is 0 Å². The van der Waals surface area contributed by atoms with E-state index in [2.05, 4.69) is 11.8 Å². The van der Waals surface area contributed by atoms with Crippen molar-refractivity contribution in [3.05, 3.63) is 30.3 Å². The Balaban J connectivity index is 1.96. The van der Waals surface area contributed by atoms with E-state index in [9.17, 15) is 5.11 Å². The van der Waals surface area contributed by atoms with Gasteiger partial charge in [-0.3, -0.25) is 4.90 Å². The average molecular weight is 207 g/mol. The van der Waals surface area contributed by atoms with Crippen LogP contribution in [0.3, 0.4) is 0 Å². The van der Waals surface area contributed by atoms with E-state index in [1.54, 1.807) is 0 Å². The molecule has 2 rings (SSSR count). The molecule has 1 fully saturated rings. The van der Waals surface area contributed by atoms with Crippen LogP contribution in [0.1, 0.15) is 6.92 Å². The number of likely N-dealkylation sites (N-methyl/N-ethyl adjacent to an activating group) is 1. The van der Waals surface area contributed by atoms with Gasteiger partial charge < -0.3 is 9.84 Å². The van der Waals surface area contributed by atoms with Gasteiger partial charge in [-0.1, -0.05) is 25.1 Å². The average Bonchev–Trinajstić information content (AvgIpc) is 2.61. The van der Waals surface area contributed by atoms with Crippen molar-refractivity contribution in [3.8, 4) is 5.75 Å². The third kappa shape index (κ3) is 2.49. The summed E-state index contributed by atoms with van der Waals surface area (Å²) < 4.78 is 5.73. The van der Waals surface area contributed by atoms with Gasteiger partial charge >= 0.3 is 0 Å². The number of rotatable bonds is 3. The predicted octanol–water partition coefficient (Wildman–Crippen LogP) is 1.13. The molecule has 0 spiro atoms. The largest absolute Gasteiger partial charge is 0.486 e. The van der Waals surface area contributed by atoms with Gasteiger partial charge in [0.15, 0.2) is 0 Å². The number of hydrogen-bond donors (Lipinski definition) is 1. The molecule has 1 N–H and O–H groups in total. The van der Waals surface area contributed by atoms with Gasteiger partial charge in [-0.05, 0) is 18.7 Å². The fourth-order valence-electron chi connectivity index (χ4n) is 1.88. The predicted molar refractivity (Wildman–Crippen MR) is 59.0 cm³/mol. The van der Waals surface area contributed by atoms with Gasteiger partial charge in [0.25, 0.3) is 0 Å². The Bertz CT molecular complexity index is 302. The molecule has 82 valence electrons. The van der Waals surface area contributed by atoms with Crippen molar-refractivity contribution in [1.82, 2.24) is 4.90 Å². The minimum atomic E-state index is -0.370. The first-order valence-corrected chi connectivity index (χ1v) is 5.41. The van der Waals surface area contributed by atoms with Gasteiger partial charge in [-0.25, -0.2) is 0 Å². The molecule has 1 saturated heterocycles. The number of hydrogen-bond acceptors (Lipinski definition) is 3. The third-order valence-electron chi connectivity index (χ3n) is 2.79. The second kappa shape index (κ2) is 4.64. The van der Waals surface area contributed by atoms with Crippen molar-refractivity contribution in [2.24, 2.45) is 0 Å². The first kappa shape index (κ1) is 10.5. The summed E-state index contributed by atoms with van der Waals surface area (Å²) in [5.41, 5.74) is 0. The third-order valence-corrected chi connectivity index (χ3v) is 2.79. The van der Waals surface area contributed by atoms with Crippen LogP contribution in [0, 0.1) is 0 Å². The normalized spacial score (nSPS) is 26.8. The van der Waals surface area contributed by atoms with E-state index in [0.717, 1.165) is 18.8 Å². The fourth-order valence-corrected chi connectivity index (χ4v) is 1.88. The number of nitrogens with zero attached hydrogens (tertiary/aromatic N) is 1. The summed E-state index contributed by atoms with van der Waals surface area (Å²) in [4.78, 5) is 2.19. The minimum absolute atomic E-state index is 0.0904. The highest BCUT2D eigenvalue weighted by molar-refractivity contribution is 5.21. The minimum Gasteiger partial charge on any atom is -0.486 e. The second-order valence-corrected chi connectivity index (χ2v) is 3.89. The van der Waals surface area contributed by atoms with Crippen molar-refractivity contribution >= 4 is 0 Å². The number of β-amino-alcohol motifs (C(OH)–C–C–N with tert-alkyl or cyclic N) is 1. The Morgan fingerprint density at radius 3 is 2.67 bits per heavy atom. The second-order valence-electron chi connectivity index (χ2n) is 3.89. The van der Waals surface area contributed by atoms with Crippen LogP contribution in [0.15, 0.2) is 30.3 Å². The first-order valence-electron chi connectivity index (χ1n) is 5.41. The molecule has 1 aliphatic heterocycles. The molecule has 0 radical (unpaired) electrons. The maximum atomic E-state index is 9.79. The van der Waals surface area contributed by atoms with Crippen molar-refractivity contribution in [1.29, 1.82) is 0 Å². The SMILES string of the molecule is CCN1C[C@@H](O)[C@H](Oc2ccccc2)C1. The van der Waals surface area contributed by atoms with Crippen LogP contribution in [-0.4, -0.2) is 41.8 Å². The number of likely N-dealkylation sites (tertiary alicyclic amines) is 1. The molecule has 3 nitrogen and oxygen atoms in total. The van der Waals surface area contributed by atoms with Crippen LogP contribution in [0.2, 0.25) is 0 Å². The molecule has 1 aliphatic rings. The molecule has 0 bridgehead atoms. The quantitative estimate of drug-likeness (QED) is 0.806. The van der Waals surface area contributed by atoms with Gasteiger partial charge in [-0.15, -0.1) is 0 Å². The highest BCUT2D eigenvalue weighted by Crippen LogP contribution is 2.17. The van der Waals surface area contributed by atoms with E-state index in [-0.39, 0.29) is 12.2 Å². The highest BCUT2D eigenvalue weighted by Gasteiger charge is 2.31. The van der Waals surface area contributed by atoms with E-state index in [1.807, 2.05) is 30.3 Å². The van der Waals surface area contributed by atoms with Crippen LogP contribution in [-0.2, 0) is 0 Å². The molecule has 3 heteroatoms. The summed E-state index contributed by atoms with van der Waals surface area (Å²) in [6, 6.07) is 9.67. The zero-order valence-corrected chi connectivity index (χ0v) is 8.97. The molecule has 0 aromatic heterocycles. The maximum Gasteiger partial charge on any atom is 0.138 e. The summed E-state index contributed by atoms with van der Waals surface area (Å²) in [6.07, 6.45) is -0.461. The maximum absolute atomic E-state index is 9.79. The van der Waals surface area contributed by atoms with Gasteiger partial charge in [0.2, 0.25) is 0 Å². The van der Waals surface area contributed by atoms with Crippen molar-refractivity contribution in [2.45, 2.75) is 19.1 Å². The van der Waals surface area contributed by atoms with Crippen LogP contribution in [0.4, 0.5) is 0 Å². The topological polar surface area (TPSA) is 32.7 Å². The number of benzene rings is 1. The number of aliphatic hydroxyl groups is 1. The van der Waals surface area contributed by atoms with E-state index >= 15 is 0 Å². The van der Waals surface area contributed by atoms with Gasteiger partial charge in [0.1, 0.15) is 18.0 Å². The Hall–Kier alpha value is -1.06. The standard InChI is InChI=1S/C12H17NO2/c1-2-13-8-11(14)12(9-13)15-10-6-4-3-5-7-10/h3-7,11-12,14H,2,8-9H2,1H3/t11-,12-/m1/s1. The number of ether oxygens (including phenoxy) is 1. The van der Waals surface area contributed by atoms with Crippen LogP contribution >= 0.6 is 0 Å². The molecule has 1 aromatic carbocycles. The molecule has 15 heavy (non-hydrogen) atoms. The molecule has 0 aliphatic carbocycles. The summed E-state index contributed by atoms with van der Waals surface area (Å²) >= 11 is 0. The Kier molecular flexibility index (Phi) is 3.23. The van der Waals surface area contributed by atoms with Gasteiger partial charge in [0.05, 0.1) is 0 Å². The lowest BCUT2D eigenvalue weighted by Crippen LogP contribution is -2.29. The summed E-state index contributed by atoms with van der Waals surface area (Å²) in [5.74, 6) is 0.833. The zero-order valence-electron chi connectivity index (χ0n) is 8.97. The van der Waals surface area contributed by atoms with E-state index in [4.69, 9.17) is 4.74 Å². The number of para-hydroxylation sites is 1. The Labute approximate surface area is 90.3 Å². The molecule has 2 atom stereocenters. The summed E-state index contributed by atoms with van der Waals surface area (Å²) in [5, 5.41) is 9.79. The molecule has 1 heterocycles. The van der Waals surface area contributed by atoms with Crippen LogP contribution in [0.5, 0.6) is 5.75 Å². The lowest BCUT2D eigenvalue weighted by atomic mass is 10.2. The highest BCUT2D eigenvalue weighted by atomic mass is 16.5. The van der Waals surface area contributed by atoms with E-state index in [1.165, 1.54) is 0 Å². The lowest BCUT2D eigenvalue weighted by molar-refractivity contribution is 0.0737. The lowest BCUT2D eigenvalue weighted by Gasteiger charge is -2.16. The zero-order chi connectivity index (χ0) is 10.7. The molecular formula is C12H17NO2. The van der Waals surface area contributed by atoms with Crippen molar-refractivity contribution in [3.63, 3.8) is 0 Å². The Morgan fingerprint density at radius 2 is 2.07 bits per heavy atom. The smallest absolute Gasteiger partial charge is 0.138 e. The molecule has 0 unspecified atom stereocenters. The van der Waals surface area contributed by atoms with E-state index < -0.39 is 0 Å². The van der Waals surface area contributed by atoms with Gasteiger partial charge in [-0.2, -0.15) is 0 Å².